The lowest BCUT2D eigenvalue weighted by Crippen LogP contribution is -2.45. The molecule has 0 radical (unpaired) electrons. The van der Waals surface area contributed by atoms with Gasteiger partial charge in [0.15, 0.2) is 0 Å². The van der Waals surface area contributed by atoms with Crippen molar-refractivity contribution in [1.82, 2.24) is 15.1 Å². The van der Waals surface area contributed by atoms with Crippen LogP contribution in [0, 0.1) is 0 Å². The van der Waals surface area contributed by atoms with Crippen molar-refractivity contribution in [3.8, 4) is 0 Å². The third-order valence-corrected chi connectivity index (χ3v) is 7.54. The standard InChI is InChI=1S/C24H29ClN4O2S/c1-2-28-9-11-29(12-10-28)16-18-6-4-3-5-17(18)15-26-23(30)14-22-24(31)27-20-13-19(25)7-8-21(20)32-22/h3-8,13,22H,2,9-12,14-16H2,1H3,(H,26,30)(H,27,31). The van der Waals surface area contributed by atoms with Crippen molar-refractivity contribution >= 4 is 40.9 Å². The van der Waals surface area contributed by atoms with Gasteiger partial charge in [-0.15, -0.1) is 11.8 Å². The van der Waals surface area contributed by atoms with Crippen LogP contribution >= 0.6 is 23.4 Å². The Morgan fingerprint density at radius 2 is 1.84 bits per heavy atom. The summed E-state index contributed by atoms with van der Waals surface area (Å²) in [6.07, 6.45) is 0.139. The van der Waals surface area contributed by atoms with Crippen LogP contribution in [0.4, 0.5) is 5.69 Å². The Kier molecular flexibility index (Phi) is 7.73. The van der Waals surface area contributed by atoms with E-state index in [2.05, 4.69) is 45.6 Å². The van der Waals surface area contributed by atoms with Crippen LogP contribution in [0.25, 0.3) is 0 Å². The molecule has 0 bridgehead atoms. The number of carbonyl (C=O) groups is 2. The molecule has 32 heavy (non-hydrogen) atoms. The topological polar surface area (TPSA) is 64.7 Å². The molecule has 4 rings (SSSR count). The number of nitrogens with one attached hydrogen (secondary N) is 2. The second kappa shape index (κ2) is 10.7. The second-order valence-electron chi connectivity index (χ2n) is 8.20. The van der Waals surface area contributed by atoms with Crippen molar-refractivity contribution < 1.29 is 9.59 Å². The van der Waals surface area contributed by atoms with Crippen LogP contribution < -0.4 is 10.6 Å². The average Bonchev–Trinajstić information content (AvgIpc) is 2.79. The number of benzene rings is 2. The molecule has 2 amide bonds. The zero-order valence-electron chi connectivity index (χ0n) is 18.3. The molecular formula is C24H29ClN4O2S. The summed E-state index contributed by atoms with van der Waals surface area (Å²) in [7, 11) is 0. The van der Waals surface area contributed by atoms with Gasteiger partial charge in [-0.1, -0.05) is 42.8 Å². The van der Waals surface area contributed by atoms with Gasteiger partial charge in [0.2, 0.25) is 11.8 Å². The maximum absolute atomic E-state index is 12.6. The Labute approximate surface area is 198 Å². The van der Waals surface area contributed by atoms with Crippen molar-refractivity contribution in [3.05, 3.63) is 58.6 Å². The summed E-state index contributed by atoms with van der Waals surface area (Å²) in [5.74, 6) is -0.284. The average molecular weight is 473 g/mol. The minimum atomic E-state index is -0.450. The molecule has 2 aliphatic heterocycles. The molecular weight excluding hydrogens is 444 g/mol. The molecule has 0 aromatic heterocycles. The number of fused-ring (bicyclic) bond motifs is 1. The highest BCUT2D eigenvalue weighted by molar-refractivity contribution is 8.01. The summed E-state index contributed by atoms with van der Waals surface area (Å²) in [5, 5.41) is 6.00. The number of hydrogen-bond acceptors (Lipinski definition) is 5. The molecule has 8 heteroatoms. The molecule has 6 nitrogen and oxygen atoms in total. The Hall–Kier alpha value is -2.06. The number of likely N-dealkylation sites (N-methyl/N-ethyl adjacent to an activating group) is 1. The predicted octanol–water partition coefficient (Wildman–Crippen LogP) is 3.60. The summed E-state index contributed by atoms with van der Waals surface area (Å²) in [5.41, 5.74) is 3.07. The van der Waals surface area contributed by atoms with Gasteiger partial charge in [0, 0.05) is 55.6 Å². The van der Waals surface area contributed by atoms with Crippen molar-refractivity contribution in [2.24, 2.45) is 0 Å². The third kappa shape index (κ3) is 5.84. The van der Waals surface area contributed by atoms with Gasteiger partial charge in [-0.2, -0.15) is 0 Å². The van der Waals surface area contributed by atoms with Gasteiger partial charge >= 0.3 is 0 Å². The van der Waals surface area contributed by atoms with Crippen LogP contribution in [0.5, 0.6) is 0 Å². The fraction of sp³-hybridized carbons (Fsp3) is 0.417. The number of halogens is 1. The lowest BCUT2D eigenvalue weighted by atomic mass is 10.1. The molecule has 2 aromatic rings. The number of carbonyl (C=O) groups excluding carboxylic acids is 2. The van der Waals surface area contributed by atoms with Gasteiger partial charge in [0.25, 0.3) is 0 Å². The third-order valence-electron chi connectivity index (χ3n) is 6.03. The summed E-state index contributed by atoms with van der Waals surface area (Å²) in [6, 6.07) is 13.7. The van der Waals surface area contributed by atoms with Gasteiger partial charge < -0.3 is 15.5 Å². The minimum absolute atomic E-state index is 0.124. The summed E-state index contributed by atoms with van der Waals surface area (Å²) in [4.78, 5) is 30.9. The van der Waals surface area contributed by atoms with Crippen molar-refractivity contribution in [3.63, 3.8) is 0 Å². The van der Waals surface area contributed by atoms with E-state index in [0.717, 1.165) is 49.7 Å². The molecule has 1 saturated heterocycles. The monoisotopic (exact) mass is 472 g/mol. The van der Waals surface area contributed by atoms with E-state index >= 15 is 0 Å². The van der Waals surface area contributed by atoms with Crippen LogP contribution in [0.3, 0.4) is 0 Å². The SMILES string of the molecule is CCN1CCN(Cc2ccccc2CNC(=O)CC2Sc3ccc(Cl)cc3NC2=O)CC1. The van der Waals surface area contributed by atoms with E-state index in [4.69, 9.17) is 11.6 Å². The van der Waals surface area contributed by atoms with Crippen LogP contribution in [-0.4, -0.2) is 59.6 Å². The molecule has 1 fully saturated rings. The number of hydrogen-bond donors (Lipinski definition) is 2. The fourth-order valence-corrected chi connectivity index (χ4v) is 5.34. The maximum Gasteiger partial charge on any atom is 0.238 e. The molecule has 0 aliphatic carbocycles. The zero-order chi connectivity index (χ0) is 22.5. The van der Waals surface area contributed by atoms with Gasteiger partial charge in [0.1, 0.15) is 0 Å². The molecule has 2 N–H and O–H groups in total. The number of nitrogens with zero attached hydrogens (tertiary/aromatic N) is 2. The van der Waals surface area contributed by atoms with Crippen molar-refractivity contribution in [2.45, 2.75) is 36.6 Å². The van der Waals surface area contributed by atoms with Crippen LogP contribution in [0.2, 0.25) is 5.02 Å². The van der Waals surface area contributed by atoms with E-state index in [0.29, 0.717) is 17.3 Å². The minimum Gasteiger partial charge on any atom is -0.352 e. The summed E-state index contributed by atoms with van der Waals surface area (Å²) in [6.45, 7) is 9.01. The van der Waals surface area contributed by atoms with E-state index < -0.39 is 5.25 Å². The molecule has 2 aromatic carbocycles. The summed E-state index contributed by atoms with van der Waals surface area (Å²) >= 11 is 7.41. The first-order chi connectivity index (χ1) is 15.5. The maximum atomic E-state index is 12.6. The molecule has 0 saturated carbocycles. The highest BCUT2D eigenvalue weighted by atomic mass is 35.5. The Morgan fingerprint density at radius 1 is 1.12 bits per heavy atom. The molecule has 1 unspecified atom stereocenters. The lowest BCUT2D eigenvalue weighted by Gasteiger charge is -2.34. The smallest absolute Gasteiger partial charge is 0.238 e. The Bertz CT molecular complexity index is 978. The molecule has 170 valence electrons. The van der Waals surface area contributed by atoms with E-state index in [1.807, 2.05) is 12.1 Å². The molecule has 2 heterocycles. The number of anilines is 1. The van der Waals surface area contributed by atoms with Gasteiger partial charge in [-0.05, 0) is 35.9 Å². The Morgan fingerprint density at radius 3 is 2.59 bits per heavy atom. The molecule has 1 atom stereocenters. The second-order valence-corrected chi connectivity index (χ2v) is 9.88. The van der Waals surface area contributed by atoms with Crippen LogP contribution in [0.1, 0.15) is 24.5 Å². The van der Waals surface area contributed by atoms with Crippen molar-refractivity contribution in [1.29, 1.82) is 0 Å². The van der Waals surface area contributed by atoms with Gasteiger partial charge in [-0.3, -0.25) is 14.5 Å². The highest BCUT2D eigenvalue weighted by Crippen LogP contribution is 2.38. The van der Waals surface area contributed by atoms with E-state index in [-0.39, 0.29) is 18.2 Å². The number of piperazine rings is 1. The number of thioether (sulfide) groups is 1. The van der Waals surface area contributed by atoms with Crippen molar-refractivity contribution in [2.75, 3.05) is 38.0 Å². The first-order valence-corrected chi connectivity index (χ1v) is 12.3. The molecule has 2 aliphatic rings. The zero-order valence-corrected chi connectivity index (χ0v) is 19.8. The van der Waals surface area contributed by atoms with Crippen LogP contribution in [-0.2, 0) is 22.7 Å². The number of rotatable bonds is 7. The number of amides is 2. The lowest BCUT2D eigenvalue weighted by molar-refractivity contribution is -0.124. The first-order valence-electron chi connectivity index (χ1n) is 11.1. The highest BCUT2D eigenvalue weighted by Gasteiger charge is 2.29. The van der Waals surface area contributed by atoms with Gasteiger partial charge in [-0.25, -0.2) is 0 Å². The molecule has 0 spiro atoms. The fourth-order valence-electron chi connectivity index (χ4n) is 4.08. The normalized spacial score (nSPS) is 19.3. The van der Waals surface area contributed by atoms with Crippen LogP contribution in [0.15, 0.2) is 47.4 Å². The quantitative estimate of drug-likeness (QED) is 0.644. The van der Waals surface area contributed by atoms with Gasteiger partial charge in [0.05, 0.1) is 10.9 Å². The van der Waals surface area contributed by atoms with E-state index in [9.17, 15) is 9.59 Å². The summed E-state index contributed by atoms with van der Waals surface area (Å²) < 4.78 is 0. The predicted molar refractivity (Wildman–Crippen MR) is 130 cm³/mol. The van der Waals surface area contributed by atoms with E-state index in [1.54, 1.807) is 12.1 Å². The van der Waals surface area contributed by atoms with E-state index in [1.165, 1.54) is 17.3 Å². The Balaban J connectivity index is 1.31. The first kappa shape index (κ1) is 23.1. The largest absolute Gasteiger partial charge is 0.352 e.